The number of thiophene rings is 1. The molecule has 0 saturated heterocycles. The maximum Gasteiger partial charge on any atom is 0.234 e. The second-order valence-electron chi connectivity index (χ2n) is 7.62. The van der Waals surface area contributed by atoms with Crippen molar-refractivity contribution in [1.29, 1.82) is 0 Å². The zero-order valence-corrected chi connectivity index (χ0v) is 18.8. The first-order valence-electron chi connectivity index (χ1n) is 10.5. The topological polar surface area (TPSA) is 50.8 Å². The van der Waals surface area contributed by atoms with Gasteiger partial charge in [0.15, 0.2) is 11.5 Å². The van der Waals surface area contributed by atoms with Gasteiger partial charge in [-0.3, -0.25) is 9.69 Å². The molecule has 6 heteroatoms. The molecule has 0 spiro atoms. The van der Waals surface area contributed by atoms with Crippen LogP contribution in [0.3, 0.4) is 0 Å². The van der Waals surface area contributed by atoms with Crippen molar-refractivity contribution in [3.63, 3.8) is 0 Å². The minimum absolute atomic E-state index is 0.0556. The number of methoxy groups -OCH3 is 2. The lowest BCUT2D eigenvalue weighted by Crippen LogP contribution is -2.43. The van der Waals surface area contributed by atoms with Gasteiger partial charge in [-0.15, -0.1) is 11.3 Å². The maximum absolute atomic E-state index is 12.8. The van der Waals surface area contributed by atoms with Gasteiger partial charge in [-0.2, -0.15) is 0 Å². The third kappa shape index (κ3) is 4.92. The Morgan fingerprint density at radius 2 is 1.90 bits per heavy atom. The molecule has 3 aromatic rings. The molecule has 4 rings (SSSR count). The van der Waals surface area contributed by atoms with Crippen LogP contribution in [0.25, 0.3) is 0 Å². The lowest BCUT2D eigenvalue weighted by molar-refractivity contribution is -0.122. The number of nitrogens with one attached hydrogen (secondary N) is 1. The van der Waals surface area contributed by atoms with E-state index in [9.17, 15) is 4.79 Å². The summed E-state index contributed by atoms with van der Waals surface area (Å²) in [5.41, 5.74) is 3.67. The van der Waals surface area contributed by atoms with Gasteiger partial charge < -0.3 is 14.8 Å². The van der Waals surface area contributed by atoms with Crippen molar-refractivity contribution in [1.82, 2.24) is 10.2 Å². The van der Waals surface area contributed by atoms with Gasteiger partial charge in [-0.1, -0.05) is 36.4 Å². The monoisotopic (exact) mass is 436 g/mol. The van der Waals surface area contributed by atoms with Gasteiger partial charge in [0.1, 0.15) is 0 Å². The number of nitrogens with zero attached hydrogens (tertiary/aromatic N) is 1. The molecule has 1 aliphatic rings. The van der Waals surface area contributed by atoms with Crippen LogP contribution in [0, 0.1) is 0 Å². The van der Waals surface area contributed by atoms with Crippen LogP contribution in [0.1, 0.15) is 27.6 Å². The van der Waals surface area contributed by atoms with Crippen molar-refractivity contribution < 1.29 is 14.3 Å². The maximum atomic E-state index is 12.8. The Morgan fingerprint density at radius 1 is 1.10 bits per heavy atom. The van der Waals surface area contributed by atoms with E-state index in [2.05, 4.69) is 45.9 Å². The van der Waals surface area contributed by atoms with Crippen LogP contribution in [-0.2, 0) is 17.6 Å². The highest BCUT2D eigenvalue weighted by Crippen LogP contribution is 2.37. The molecule has 2 aromatic carbocycles. The van der Waals surface area contributed by atoms with E-state index in [4.69, 9.17) is 9.47 Å². The van der Waals surface area contributed by atoms with Crippen LogP contribution in [-0.4, -0.2) is 44.7 Å². The van der Waals surface area contributed by atoms with Crippen molar-refractivity contribution in [3.05, 3.63) is 81.5 Å². The fourth-order valence-corrected chi connectivity index (χ4v) is 5.09. The molecule has 0 saturated carbocycles. The summed E-state index contributed by atoms with van der Waals surface area (Å²) in [7, 11) is 3.25. The van der Waals surface area contributed by atoms with E-state index in [1.54, 1.807) is 14.2 Å². The largest absolute Gasteiger partial charge is 0.493 e. The Labute approximate surface area is 187 Å². The highest BCUT2D eigenvalue weighted by molar-refractivity contribution is 7.10. The predicted molar refractivity (Wildman–Crippen MR) is 124 cm³/mol. The molecular weight excluding hydrogens is 408 g/mol. The van der Waals surface area contributed by atoms with Crippen LogP contribution < -0.4 is 14.8 Å². The summed E-state index contributed by atoms with van der Waals surface area (Å²) >= 11 is 1.82. The Hall–Kier alpha value is -2.83. The smallest absolute Gasteiger partial charge is 0.234 e. The Balaban J connectivity index is 1.38. The van der Waals surface area contributed by atoms with E-state index >= 15 is 0 Å². The van der Waals surface area contributed by atoms with E-state index in [0.717, 1.165) is 24.9 Å². The number of carbonyl (C=O) groups excluding carboxylic acids is 1. The van der Waals surface area contributed by atoms with Gasteiger partial charge in [0.25, 0.3) is 0 Å². The average Bonchev–Trinajstić information content (AvgIpc) is 3.28. The SMILES string of the molecule is COc1ccc(CCNC(=O)CN2CCc3sccc3C2c2ccccc2)cc1OC. The molecule has 1 atom stereocenters. The van der Waals surface area contributed by atoms with Crippen molar-refractivity contribution in [2.75, 3.05) is 33.9 Å². The number of amides is 1. The third-order valence-corrected chi connectivity index (χ3v) is 6.71. The predicted octanol–water partition coefficient (Wildman–Crippen LogP) is 4.07. The molecular formula is C25H28N2O3S. The van der Waals surface area contributed by atoms with E-state index in [0.29, 0.717) is 24.6 Å². The molecule has 162 valence electrons. The fraction of sp³-hybridized carbons (Fsp3) is 0.320. The summed E-state index contributed by atoms with van der Waals surface area (Å²) in [6, 6.07) is 18.7. The molecule has 0 bridgehead atoms. The quantitative estimate of drug-likeness (QED) is 0.578. The van der Waals surface area contributed by atoms with Crippen molar-refractivity contribution in [2.45, 2.75) is 18.9 Å². The minimum Gasteiger partial charge on any atom is -0.493 e. The summed E-state index contributed by atoms with van der Waals surface area (Å²) in [5, 5.41) is 5.24. The summed E-state index contributed by atoms with van der Waals surface area (Å²) in [6.45, 7) is 1.86. The summed E-state index contributed by atoms with van der Waals surface area (Å²) in [5.74, 6) is 1.47. The highest BCUT2D eigenvalue weighted by atomic mass is 32.1. The minimum atomic E-state index is 0.0556. The van der Waals surface area contributed by atoms with E-state index in [1.165, 1.54) is 16.0 Å². The van der Waals surface area contributed by atoms with Gasteiger partial charge in [-0.25, -0.2) is 0 Å². The highest BCUT2D eigenvalue weighted by Gasteiger charge is 2.30. The lowest BCUT2D eigenvalue weighted by atomic mass is 9.93. The van der Waals surface area contributed by atoms with Crippen LogP contribution in [0.2, 0.25) is 0 Å². The number of hydrogen-bond donors (Lipinski definition) is 1. The molecule has 1 aromatic heterocycles. The fourth-order valence-electron chi connectivity index (χ4n) is 4.19. The number of benzene rings is 2. The zero-order valence-electron chi connectivity index (χ0n) is 18.0. The lowest BCUT2D eigenvalue weighted by Gasteiger charge is -2.35. The number of fused-ring (bicyclic) bond motifs is 1. The molecule has 1 amide bonds. The summed E-state index contributed by atoms with van der Waals surface area (Å²) < 4.78 is 10.6. The van der Waals surface area contributed by atoms with Crippen LogP contribution in [0.5, 0.6) is 11.5 Å². The van der Waals surface area contributed by atoms with Crippen molar-refractivity contribution in [2.24, 2.45) is 0 Å². The van der Waals surface area contributed by atoms with E-state index < -0.39 is 0 Å². The average molecular weight is 437 g/mol. The van der Waals surface area contributed by atoms with Crippen LogP contribution in [0.15, 0.2) is 60.0 Å². The Bertz CT molecular complexity index is 1020. The van der Waals surface area contributed by atoms with Gasteiger partial charge >= 0.3 is 0 Å². The number of ether oxygens (including phenoxy) is 2. The zero-order chi connectivity index (χ0) is 21.6. The molecule has 5 nitrogen and oxygen atoms in total. The first-order valence-corrected chi connectivity index (χ1v) is 11.4. The van der Waals surface area contributed by atoms with Crippen LogP contribution >= 0.6 is 11.3 Å². The second kappa shape index (κ2) is 9.98. The molecule has 0 aliphatic carbocycles. The number of rotatable bonds is 8. The summed E-state index contributed by atoms with van der Waals surface area (Å²) in [4.78, 5) is 16.5. The van der Waals surface area contributed by atoms with Gasteiger partial charge in [0.05, 0.1) is 26.8 Å². The number of carbonyl (C=O) groups is 1. The molecule has 0 fully saturated rings. The van der Waals surface area contributed by atoms with Gasteiger partial charge in [0, 0.05) is 18.0 Å². The second-order valence-corrected chi connectivity index (χ2v) is 8.62. The first-order chi connectivity index (χ1) is 15.2. The van der Waals surface area contributed by atoms with E-state index in [-0.39, 0.29) is 11.9 Å². The van der Waals surface area contributed by atoms with E-state index in [1.807, 2.05) is 35.6 Å². The third-order valence-electron chi connectivity index (χ3n) is 5.71. The molecule has 0 radical (unpaired) electrons. The normalized spacial score (nSPS) is 15.9. The molecule has 1 unspecified atom stereocenters. The molecule has 31 heavy (non-hydrogen) atoms. The summed E-state index contributed by atoms with van der Waals surface area (Å²) in [6.07, 6.45) is 1.73. The Morgan fingerprint density at radius 3 is 2.68 bits per heavy atom. The number of hydrogen-bond acceptors (Lipinski definition) is 5. The first kappa shape index (κ1) is 21.4. The standard InChI is InChI=1S/C25H28N2O3S/c1-29-21-9-8-18(16-22(21)30-2)10-13-26-24(28)17-27-14-11-23-20(12-15-31-23)25(27)19-6-4-3-5-7-19/h3-9,12,15-16,25H,10-11,13-14,17H2,1-2H3,(H,26,28). The molecule has 1 aliphatic heterocycles. The van der Waals surface area contributed by atoms with Gasteiger partial charge in [0.2, 0.25) is 5.91 Å². The molecule has 2 heterocycles. The van der Waals surface area contributed by atoms with Crippen molar-refractivity contribution in [3.8, 4) is 11.5 Å². The van der Waals surface area contributed by atoms with Gasteiger partial charge in [-0.05, 0) is 53.1 Å². The van der Waals surface area contributed by atoms with Crippen molar-refractivity contribution >= 4 is 17.2 Å². The molecule has 1 N–H and O–H groups in total. The van der Waals surface area contributed by atoms with Crippen LogP contribution in [0.4, 0.5) is 0 Å². The Kier molecular flexibility index (Phi) is 6.89.